The number of benzene rings is 2. The highest BCUT2D eigenvalue weighted by atomic mass is 33.1. The van der Waals surface area contributed by atoms with Crippen molar-refractivity contribution >= 4 is 58.0 Å². The molecule has 0 unspecified atom stereocenters. The van der Waals surface area contributed by atoms with Crippen molar-refractivity contribution < 1.29 is 28.7 Å². The van der Waals surface area contributed by atoms with Gasteiger partial charge in [-0.15, -0.1) is 0 Å². The maximum Gasteiger partial charge on any atom is 0.338 e. The number of allylic oxidation sites excluding steroid dienone is 2. The minimum Gasteiger partial charge on any atom is -0.462 e. The van der Waals surface area contributed by atoms with E-state index in [-0.39, 0.29) is 39.1 Å². The number of ether oxygens (including phenoxy) is 2. The predicted molar refractivity (Wildman–Crippen MR) is 213 cm³/mol. The van der Waals surface area contributed by atoms with Crippen molar-refractivity contribution in [3.05, 3.63) is 117 Å². The van der Waals surface area contributed by atoms with E-state index in [0.717, 1.165) is 22.6 Å². The van der Waals surface area contributed by atoms with E-state index in [2.05, 4.69) is 9.98 Å². The van der Waals surface area contributed by atoms with Crippen LogP contribution in [0.1, 0.15) is 47.4 Å². The first kappa shape index (κ1) is 41.3. The van der Waals surface area contributed by atoms with E-state index in [1.165, 1.54) is 31.4 Å². The van der Waals surface area contributed by atoms with Crippen molar-refractivity contribution in [2.75, 3.05) is 53.7 Å². The molecule has 2 aromatic rings. The number of hydrogen-bond acceptors (Lipinski definition) is 14. The first-order valence-corrected chi connectivity index (χ1v) is 19.2. The lowest BCUT2D eigenvalue weighted by Crippen LogP contribution is -2.34. The molecule has 2 amide bonds. The van der Waals surface area contributed by atoms with Gasteiger partial charge >= 0.3 is 11.9 Å². The summed E-state index contributed by atoms with van der Waals surface area (Å²) < 4.78 is 11.2. The van der Waals surface area contributed by atoms with Gasteiger partial charge in [0.25, 0.3) is 0 Å². The molecule has 2 aliphatic heterocycles. The number of esters is 2. The zero-order chi connectivity index (χ0) is 39.0. The summed E-state index contributed by atoms with van der Waals surface area (Å²) in [6.07, 6.45) is 5.58. The SMILES string of the molecule is C/C(SS/C(C)=C(\CCOC(=O)c1ccccc1)N(C=O)CC1=CN(C)CN=C1N)=C(/CCOC(=O)c1ccccc1)N(C=O)CC1=CN(C)CN=C1N. The Bertz CT molecular complexity index is 1710. The first-order chi connectivity index (χ1) is 26.0. The highest BCUT2D eigenvalue weighted by Crippen LogP contribution is 2.41. The fourth-order valence-corrected chi connectivity index (χ4v) is 7.60. The number of nitrogens with zero attached hydrogens (tertiary/aromatic N) is 6. The number of hydrogen-bond donors (Lipinski definition) is 2. The second-order valence-corrected chi connectivity index (χ2v) is 14.9. The third-order valence-corrected chi connectivity index (χ3v) is 11.0. The van der Waals surface area contributed by atoms with E-state index in [0.29, 0.717) is 58.7 Å². The van der Waals surface area contributed by atoms with Gasteiger partial charge in [0.15, 0.2) is 0 Å². The third kappa shape index (κ3) is 12.0. The number of carbonyl (C=O) groups excluding carboxylic acids is 4. The number of amidine groups is 2. The zero-order valence-electron chi connectivity index (χ0n) is 30.8. The van der Waals surface area contributed by atoms with Crippen molar-refractivity contribution in [3.8, 4) is 0 Å². The fourth-order valence-electron chi connectivity index (χ4n) is 5.39. The quantitative estimate of drug-likeness (QED) is 0.116. The van der Waals surface area contributed by atoms with E-state index in [1.54, 1.807) is 48.5 Å². The van der Waals surface area contributed by atoms with Crippen LogP contribution in [0.15, 0.2) is 115 Å². The molecule has 0 spiro atoms. The van der Waals surface area contributed by atoms with E-state index < -0.39 is 11.9 Å². The van der Waals surface area contributed by atoms with Crippen LogP contribution >= 0.6 is 21.6 Å². The van der Waals surface area contributed by atoms with Gasteiger partial charge in [-0.05, 0) is 38.1 Å². The number of amides is 2. The Hall–Kier alpha value is -5.48. The molecule has 54 heavy (non-hydrogen) atoms. The van der Waals surface area contributed by atoms with Crippen LogP contribution in [-0.4, -0.2) is 110 Å². The average Bonchev–Trinajstić information content (AvgIpc) is 3.18. The summed E-state index contributed by atoms with van der Waals surface area (Å²) in [5, 5.41) is 0. The standard InChI is InChI=1S/C38H46N8O6S2/c1-27(33(15-17-51-37(49)29-11-7-5-8-12-29)45(25-47)21-31-19-43(3)23-41-35(31)39)53-54-28(2)34(16-18-52-38(50)30-13-9-6-10-14-30)46(26-48)22-32-20-44(4)24-42-36(32)40/h5-14,19-20,25-26H,15-18,21-24H2,1-4H3,(H2,39,41)(H2,40,42)/b33-27+,34-28+. The largest absolute Gasteiger partial charge is 0.462 e. The van der Waals surface area contributed by atoms with Crippen LogP contribution in [0.4, 0.5) is 0 Å². The van der Waals surface area contributed by atoms with Crippen LogP contribution in [0.25, 0.3) is 0 Å². The molecule has 2 aromatic carbocycles. The van der Waals surface area contributed by atoms with E-state index in [4.69, 9.17) is 20.9 Å². The molecular weight excluding hydrogens is 729 g/mol. The number of nitrogens with two attached hydrogens (primary N) is 2. The monoisotopic (exact) mass is 774 g/mol. The van der Waals surface area contributed by atoms with Crippen molar-refractivity contribution in [2.45, 2.75) is 26.7 Å². The molecule has 0 radical (unpaired) electrons. The summed E-state index contributed by atoms with van der Waals surface area (Å²) in [6, 6.07) is 17.3. The molecule has 0 bridgehead atoms. The van der Waals surface area contributed by atoms with Gasteiger partial charge in [-0.3, -0.25) is 9.59 Å². The number of rotatable bonds is 19. The Balaban J connectivity index is 1.60. The Kier molecular flexibility index (Phi) is 15.8. The van der Waals surface area contributed by atoms with Gasteiger partial charge in [-0.2, -0.15) is 0 Å². The normalized spacial score (nSPS) is 15.0. The second kappa shape index (κ2) is 20.7. The van der Waals surface area contributed by atoms with Crippen molar-refractivity contribution in [3.63, 3.8) is 0 Å². The van der Waals surface area contributed by atoms with Crippen LogP contribution in [0.2, 0.25) is 0 Å². The van der Waals surface area contributed by atoms with Crippen LogP contribution in [-0.2, 0) is 19.1 Å². The molecule has 4 rings (SSSR count). The maximum absolute atomic E-state index is 12.7. The molecule has 0 aliphatic carbocycles. The highest BCUT2D eigenvalue weighted by Gasteiger charge is 2.22. The van der Waals surface area contributed by atoms with Crippen LogP contribution in [0, 0.1) is 0 Å². The van der Waals surface area contributed by atoms with Crippen LogP contribution in [0.3, 0.4) is 0 Å². The Morgan fingerprint density at radius 3 is 1.43 bits per heavy atom. The summed E-state index contributed by atoms with van der Waals surface area (Å²) in [5.74, 6) is -0.277. The molecule has 0 fully saturated rings. The third-order valence-electron chi connectivity index (χ3n) is 8.24. The minimum atomic E-state index is -0.476. The molecule has 14 nitrogen and oxygen atoms in total. The topological polar surface area (TPSA) is 176 Å². The number of carbonyl (C=O) groups is 4. The maximum atomic E-state index is 12.7. The van der Waals surface area contributed by atoms with Crippen molar-refractivity contribution in [1.82, 2.24) is 19.6 Å². The second-order valence-electron chi connectivity index (χ2n) is 12.3. The van der Waals surface area contributed by atoms with Gasteiger partial charge in [-0.1, -0.05) is 58.0 Å². The van der Waals surface area contributed by atoms with E-state index >= 15 is 0 Å². The fraction of sp³-hybridized carbons (Fsp3) is 0.316. The summed E-state index contributed by atoms with van der Waals surface area (Å²) in [6.45, 7) is 4.86. The van der Waals surface area contributed by atoms with Gasteiger partial charge in [0.05, 0.1) is 37.4 Å². The minimum absolute atomic E-state index is 0.0107. The highest BCUT2D eigenvalue weighted by molar-refractivity contribution is 8.79. The van der Waals surface area contributed by atoms with Gasteiger partial charge in [0.2, 0.25) is 12.8 Å². The number of aliphatic imine (C=N–C) groups is 2. The molecule has 0 saturated carbocycles. The zero-order valence-corrected chi connectivity index (χ0v) is 32.5. The Morgan fingerprint density at radius 1 is 0.704 bits per heavy atom. The van der Waals surface area contributed by atoms with Gasteiger partial charge in [0.1, 0.15) is 25.0 Å². The van der Waals surface area contributed by atoms with E-state index in [9.17, 15) is 19.2 Å². The predicted octanol–water partition coefficient (Wildman–Crippen LogP) is 4.53. The molecular formula is C38H46N8O6S2. The van der Waals surface area contributed by atoms with E-state index in [1.807, 2.05) is 62.3 Å². The lowest BCUT2D eigenvalue weighted by atomic mass is 10.2. The van der Waals surface area contributed by atoms with Crippen molar-refractivity contribution in [1.29, 1.82) is 0 Å². The molecule has 0 aromatic heterocycles. The van der Waals surface area contributed by atoms with Gasteiger partial charge < -0.3 is 40.5 Å². The summed E-state index contributed by atoms with van der Waals surface area (Å²) in [7, 11) is 6.48. The molecule has 2 heterocycles. The van der Waals surface area contributed by atoms with Crippen LogP contribution < -0.4 is 11.5 Å². The van der Waals surface area contributed by atoms with Crippen LogP contribution in [0.5, 0.6) is 0 Å². The van der Waals surface area contributed by atoms with Gasteiger partial charge in [0, 0.05) is 71.7 Å². The Labute approximate surface area is 323 Å². The summed E-state index contributed by atoms with van der Waals surface area (Å²) in [4.78, 5) is 67.7. The molecule has 16 heteroatoms. The Morgan fingerprint density at radius 2 is 1.07 bits per heavy atom. The molecule has 0 saturated heterocycles. The lowest BCUT2D eigenvalue weighted by Gasteiger charge is -2.28. The lowest BCUT2D eigenvalue weighted by molar-refractivity contribution is -0.117. The van der Waals surface area contributed by atoms with Crippen molar-refractivity contribution in [2.24, 2.45) is 21.5 Å². The average molecular weight is 775 g/mol. The van der Waals surface area contributed by atoms with Gasteiger partial charge in [-0.25, -0.2) is 19.6 Å². The summed E-state index contributed by atoms with van der Waals surface area (Å²) >= 11 is 0. The molecule has 4 N–H and O–H groups in total. The molecule has 2 aliphatic rings. The molecule has 0 atom stereocenters. The first-order valence-electron chi connectivity index (χ1n) is 17.0. The summed E-state index contributed by atoms with van der Waals surface area (Å²) in [5.41, 5.74) is 15.8. The molecule has 286 valence electrons. The smallest absolute Gasteiger partial charge is 0.338 e.